The van der Waals surface area contributed by atoms with Crippen molar-refractivity contribution in [3.05, 3.63) is 54.6 Å². The van der Waals surface area contributed by atoms with Crippen LogP contribution in [0.3, 0.4) is 0 Å². The van der Waals surface area contributed by atoms with Crippen LogP contribution in [-0.4, -0.2) is 0 Å². The van der Waals surface area contributed by atoms with E-state index in [4.69, 9.17) is 12.3 Å². The number of nitrogens with two attached hydrogens (primary N) is 1. The third kappa shape index (κ3) is 4.40. The number of rotatable bonds is 3. The fraction of sp³-hybridized carbons (Fsp3) is 0.0909. The molecule has 0 amide bonds. The van der Waals surface area contributed by atoms with Crippen LogP contribution in [0.15, 0.2) is 36.4 Å². The molecule has 1 rings (SSSR count). The molecule has 0 fully saturated rings. The van der Waals surface area contributed by atoms with Gasteiger partial charge in [0.1, 0.15) is 0 Å². The van der Waals surface area contributed by atoms with Crippen LogP contribution in [0.5, 0.6) is 0 Å². The molecular weight excluding hydrogens is 235 g/mol. The second kappa shape index (κ2) is 7.05. The average molecular weight is 246 g/mol. The van der Waals surface area contributed by atoms with Crippen LogP contribution in [0.4, 0.5) is 5.69 Å². The van der Waals surface area contributed by atoms with Crippen molar-refractivity contribution in [3.8, 4) is 0 Å². The van der Waals surface area contributed by atoms with Crippen LogP contribution in [0.2, 0.25) is 0 Å². The molecule has 1 aromatic carbocycles. The molecule has 0 aliphatic carbocycles. The first-order valence-corrected chi connectivity index (χ1v) is 3.78. The number of hydrogen-bond acceptors (Lipinski definition) is 1. The summed E-state index contributed by atoms with van der Waals surface area (Å²) in [6, 6.07) is 7.73. The van der Waals surface area contributed by atoms with Crippen molar-refractivity contribution in [3.63, 3.8) is 0 Å². The maximum atomic E-state index is 5.71. The van der Waals surface area contributed by atoms with Gasteiger partial charge in [-0.05, 0) is 11.6 Å². The Bertz CT molecular complexity index is 292. The summed E-state index contributed by atoms with van der Waals surface area (Å²) in [4.78, 5) is 0. The van der Waals surface area contributed by atoms with E-state index in [1.165, 1.54) is 6.08 Å². The van der Waals surface area contributed by atoms with Crippen LogP contribution in [0.25, 0.3) is 0 Å². The average Bonchev–Trinajstić information content (AvgIpc) is 2.09. The van der Waals surface area contributed by atoms with Crippen molar-refractivity contribution in [2.45, 2.75) is 6.42 Å². The third-order valence-corrected chi connectivity index (χ3v) is 1.56. The molecule has 1 aromatic rings. The largest absolute Gasteiger partial charge is 0.399 e. The summed E-state index contributed by atoms with van der Waals surface area (Å²) in [7, 11) is 0. The monoisotopic (exact) mass is 246 g/mol. The fourth-order valence-electron chi connectivity index (χ4n) is 0.932. The van der Waals surface area contributed by atoms with Gasteiger partial charge in [-0.1, -0.05) is 24.6 Å². The molecule has 2 N–H and O–H groups in total. The molecule has 0 bridgehead atoms. The van der Waals surface area contributed by atoms with Crippen molar-refractivity contribution in [1.82, 2.24) is 0 Å². The smallest absolute Gasteiger partial charge is 0.0333 e. The predicted molar refractivity (Wildman–Crippen MR) is 51.2 cm³/mol. The van der Waals surface area contributed by atoms with Gasteiger partial charge in [-0.3, -0.25) is 0 Å². The topological polar surface area (TPSA) is 26.0 Å². The summed E-state index contributed by atoms with van der Waals surface area (Å²) < 4.78 is 0. The molecule has 65 valence electrons. The number of allylic oxidation sites excluding steroid dienone is 3. The molecule has 1 nitrogen and oxygen atoms in total. The van der Waals surface area contributed by atoms with Gasteiger partial charge in [0.25, 0.3) is 0 Å². The van der Waals surface area contributed by atoms with E-state index in [-0.39, 0.29) is 32.7 Å². The van der Waals surface area contributed by atoms with Crippen LogP contribution in [0.1, 0.15) is 5.56 Å². The Morgan fingerprint density at radius 1 is 1.38 bits per heavy atom. The Kier molecular flexibility index (Phi) is 6.84. The van der Waals surface area contributed by atoms with E-state index in [1.54, 1.807) is 6.08 Å². The minimum atomic E-state index is 0. The predicted octanol–water partition coefficient (Wildman–Crippen LogP) is 2.16. The number of para-hydroxylation sites is 1. The van der Waals surface area contributed by atoms with Gasteiger partial charge < -0.3 is 30.5 Å². The number of hydrogen-bond donors (Lipinski definition) is 1. The van der Waals surface area contributed by atoms with Crippen molar-refractivity contribution in [1.29, 1.82) is 0 Å². The van der Waals surface area contributed by atoms with Gasteiger partial charge in [0.15, 0.2) is 0 Å². The molecule has 1 radical (unpaired) electrons. The maximum Gasteiger partial charge on any atom is 0.0333 e. The van der Waals surface area contributed by atoms with E-state index >= 15 is 0 Å². The fourth-order valence-corrected chi connectivity index (χ4v) is 0.932. The summed E-state index contributed by atoms with van der Waals surface area (Å²) in [6.45, 7) is 5.16. The van der Waals surface area contributed by atoms with Crippen LogP contribution in [-0.2, 0) is 39.1 Å². The second-order valence-corrected chi connectivity index (χ2v) is 2.44. The zero-order valence-electron chi connectivity index (χ0n) is 7.40. The molecule has 0 saturated heterocycles. The molecule has 0 aliphatic rings. The van der Waals surface area contributed by atoms with E-state index in [9.17, 15) is 0 Å². The molecule has 2 heteroatoms. The molecule has 13 heavy (non-hydrogen) atoms. The standard InChI is InChI=1S/C11H11N.Y/c1-2-3-4-7-10-8-5-6-9-11(10)12;/h1-3,5-6,8-9H,7,12H2;/q-2;. The van der Waals surface area contributed by atoms with E-state index in [2.05, 4.69) is 6.08 Å². The molecular formula is C11H11NY-2. The molecule has 0 unspecified atom stereocenters. The van der Waals surface area contributed by atoms with E-state index < -0.39 is 0 Å². The summed E-state index contributed by atoms with van der Waals surface area (Å²) in [6.07, 6.45) is 6.86. The van der Waals surface area contributed by atoms with Gasteiger partial charge in [0, 0.05) is 38.4 Å². The van der Waals surface area contributed by atoms with Gasteiger partial charge >= 0.3 is 0 Å². The minimum Gasteiger partial charge on any atom is -0.399 e. The molecule has 0 spiro atoms. The van der Waals surface area contributed by atoms with E-state index in [0.717, 1.165) is 11.3 Å². The zero-order chi connectivity index (χ0) is 8.81. The van der Waals surface area contributed by atoms with Crippen LogP contribution >= 0.6 is 0 Å². The summed E-state index contributed by atoms with van der Waals surface area (Å²) in [5, 5.41) is 0. The number of benzene rings is 1. The van der Waals surface area contributed by atoms with Crippen molar-refractivity contribution < 1.29 is 32.7 Å². The number of nitrogen functional groups attached to an aromatic ring is 1. The Hall–Kier alpha value is -0.396. The van der Waals surface area contributed by atoms with Gasteiger partial charge in [-0.2, -0.15) is 0 Å². The van der Waals surface area contributed by atoms with E-state index in [1.807, 2.05) is 24.3 Å². The van der Waals surface area contributed by atoms with Gasteiger partial charge in [-0.25, -0.2) is 0 Å². The van der Waals surface area contributed by atoms with Gasteiger partial charge in [0.2, 0.25) is 0 Å². The Morgan fingerprint density at radius 2 is 2.08 bits per heavy atom. The Labute approximate surface area is 105 Å². The zero-order valence-corrected chi connectivity index (χ0v) is 10.2. The molecule has 0 heterocycles. The quantitative estimate of drug-likeness (QED) is 0.493. The van der Waals surface area contributed by atoms with Crippen molar-refractivity contribution in [2.24, 2.45) is 0 Å². The molecule has 0 atom stereocenters. The number of anilines is 1. The van der Waals surface area contributed by atoms with Crippen molar-refractivity contribution in [2.75, 3.05) is 5.73 Å². The Balaban J connectivity index is 0.00000144. The summed E-state index contributed by atoms with van der Waals surface area (Å²) in [5.41, 5.74) is 7.59. The Morgan fingerprint density at radius 3 is 2.69 bits per heavy atom. The summed E-state index contributed by atoms with van der Waals surface area (Å²) >= 11 is 0. The molecule has 0 aromatic heterocycles. The maximum absolute atomic E-state index is 5.71. The molecule has 0 saturated carbocycles. The van der Waals surface area contributed by atoms with Crippen molar-refractivity contribution >= 4 is 5.69 Å². The third-order valence-electron chi connectivity index (χ3n) is 1.56. The van der Waals surface area contributed by atoms with Crippen LogP contribution in [0, 0.1) is 12.7 Å². The minimum absolute atomic E-state index is 0. The normalized spacial score (nSPS) is 9.54. The van der Waals surface area contributed by atoms with Gasteiger partial charge in [0.05, 0.1) is 0 Å². The van der Waals surface area contributed by atoms with Gasteiger partial charge in [-0.15, -0.1) is 0 Å². The SMILES string of the molecule is [CH-]=CC=[C-]Cc1ccccc1N.[Y]. The van der Waals surface area contributed by atoms with Crippen LogP contribution < -0.4 is 5.73 Å². The first kappa shape index (κ1) is 12.6. The molecule has 0 aliphatic heterocycles. The second-order valence-electron chi connectivity index (χ2n) is 2.44. The van der Waals surface area contributed by atoms with E-state index in [0.29, 0.717) is 6.42 Å². The first-order chi connectivity index (χ1) is 5.84. The first-order valence-electron chi connectivity index (χ1n) is 3.78. The summed E-state index contributed by atoms with van der Waals surface area (Å²) in [5.74, 6) is 0.